The molecular weight excluding hydrogens is 322 g/mol. The fourth-order valence-electron chi connectivity index (χ4n) is 3.37. The molecule has 1 amide bonds. The minimum Gasteiger partial charge on any atom is -0.340 e. The molecule has 1 saturated heterocycles. The van der Waals surface area contributed by atoms with Crippen LogP contribution in [-0.4, -0.2) is 35.3 Å². The van der Waals surface area contributed by atoms with Gasteiger partial charge in [0.25, 0.3) is 0 Å². The molecule has 3 rings (SSSR count). The van der Waals surface area contributed by atoms with Gasteiger partial charge in [0, 0.05) is 25.7 Å². The lowest BCUT2D eigenvalue weighted by molar-refractivity contribution is -0.135. The molecule has 1 fully saturated rings. The highest BCUT2D eigenvalue weighted by Crippen LogP contribution is 2.22. The van der Waals surface area contributed by atoms with Crippen molar-refractivity contribution in [2.45, 2.75) is 32.0 Å². The van der Waals surface area contributed by atoms with Gasteiger partial charge in [0.2, 0.25) is 5.91 Å². The smallest absolute Gasteiger partial charge is 0.239 e. The minimum atomic E-state index is -0.884. The van der Waals surface area contributed by atoms with E-state index in [0.717, 1.165) is 32.0 Å². The van der Waals surface area contributed by atoms with Gasteiger partial charge in [-0.05, 0) is 31.0 Å². The maximum Gasteiger partial charge on any atom is 0.239 e. The van der Waals surface area contributed by atoms with Crippen LogP contribution in [-0.2, 0) is 17.9 Å². The lowest BCUT2D eigenvalue weighted by atomic mass is 10.1. The van der Waals surface area contributed by atoms with E-state index < -0.39 is 11.6 Å². The van der Waals surface area contributed by atoms with Crippen molar-refractivity contribution in [3.8, 4) is 0 Å². The maximum atomic E-state index is 13.8. The monoisotopic (exact) mass is 344 g/mol. The summed E-state index contributed by atoms with van der Waals surface area (Å²) in [5.41, 5.74) is 1.37. The minimum absolute atomic E-state index is 0.0444. The van der Waals surface area contributed by atoms with Crippen molar-refractivity contribution in [1.82, 2.24) is 9.80 Å². The Bertz CT molecular complexity index is 736. The van der Waals surface area contributed by atoms with Crippen LogP contribution in [0.25, 0.3) is 0 Å². The molecule has 1 heterocycles. The van der Waals surface area contributed by atoms with Crippen LogP contribution in [0.5, 0.6) is 0 Å². The summed E-state index contributed by atoms with van der Waals surface area (Å²) in [5.74, 6) is -1.81. The van der Waals surface area contributed by atoms with Crippen LogP contribution in [0.2, 0.25) is 0 Å². The largest absolute Gasteiger partial charge is 0.340 e. The lowest BCUT2D eigenvalue weighted by Crippen LogP contribution is -2.43. The molecule has 0 saturated carbocycles. The van der Waals surface area contributed by atoms with Crippen LogP contribution in [0.3, 0.4) is 0 Å². The molecule has 1 aliphatic heterocycles. The van der Waals surface area contributed by atoms with Crippen molar-refractivity contribution in [1.29, 1.82) is 0 Å². The summed E-state index contributed by atoms with van der Waals surface area (Å²) >= 11 is 0. The predicted octanol–water partition coefficient (Wildman–Crippen LogP) is 3.59. The van der Waals surface area contributed by atoms with Gasteiger partial charge in [-0.1, -0.05) is 42.5 Å². The highest BCUT2D eigenvalue weighted by Gasteiger charge is 2.32. The summed E-state index contributed by atoms with van der Waals surface area (Å²) in [6.45, 7) is 1.66. The standard InChI is InChI=1S/C20H22F2N2O/c1-23(14-16-9-5-10-17(21)19(16)22)20(25)18-11-6-12-24(18)13-15-7-3-2-4-8-15/h2-5,7-10,18H,6,11-14H2,1H3/t18-/m0/s1. The second-order valence-corrected chi connectivity index (χ2v) is 6.52. The Hall–Kier alpha value is -2.27. The fourth-order valence-corrected chi connectivity index (χ4v) is 3.37. The molecule has 25 heavy (non-hydrogen) atoms. The first-order valence-electron chi connectivity index (χ1n) is 8.52. The molecular formula is C20H22F2N2O. The Morgan fingerprint density at radius 3 is 2.68 bits per heavy atom. The number of likely N-dealkylation sites (tertiary alicyclic amines) is 1. The topological polar surface area (TPSA) is 23.6 Å². The molecule has 2 aromatic rings. The predicted molar refractivity (Wildman–Crippen MR) is 92.7 cm³/mol. The second kappa shape index (κ2) is 7.74. The molecule has 5 heteroatoms. The summed E-state index contributed by atoms with van der Waals surface area (Å²) < 4.78 is 27.2. The Labute approximate surface area is 146 Å². The maximum absolute atomic E-state index is 13.8. The van der Waals surface area contributed by atoms with Crippen molar-refractivity contribution in [2.75, 3.05) is 13.6 Å². The average Bonchev–Trinajstić information content (AvgIpc) is 3.07. The van der Waals surface area contributed by atoms with Gasteiger partial charge < -0.3 is 4.90 Å². The number of hydrogen-bond acceptors (Lipinski definition) is 2. The van der Waals surface area contributed by atoms with Gasteiger partial charge in [-0.2, -0.15) is 0 Å². The number of halogens is 2. The Morgan fingerprint density at radius 1 is 1.16 bits per heavy atom. The van der Waals surface area contributed by atoms with Crippen molar-refractivity contribution in [2.24, 2.45) is 0 Å². The number of amides is 1. The van der Waals surface area contributed by atoms with E-state index in [0.29, 0.717) is 0 Å². The molecule has 0 aromatic heterocycles. The van der Waals surface area contributed by atoms with Gasteiger partial charge in [-0.3, -0.25) is 9.69 Å². The second-order valence-electron chi connectivity index (χ2n) is 6.52. The first kappa shape index (κ1) is 17.5. The molecule has 0 aliphatic carbocycles. The number of rotatable bonds is 5. The zero-order chi connectivity index (χ0) is 17.8. The summed E-state index contributed by atoms with van der Waals surface area (Å²) in [6, 6.07) is 13.9. The van der Waals surface area contributed by atoms with Gasteiger partial charge in [0.15, 0.2) is 11.6 Å². The van der Waals surface area contributed by atoms with E-state index in [1.807, 2.05) is 30.3 Å². The number of benzene rings is 2. The van der Waals surface area contributed by atoms with E-state index in [4.69, 9.17) is 0 Å². The van der Waals surface area contributed by atoms with Crippen molar-refractivity contribution in [3.63, 3.8) is 0 Å². The van der Waals surface area contributed by atoms with Crippen LogP contribution in [0.15, 0.2) is 48.5 Å². The third-order valence-corrected chi connectivity index (χ3v) is 4.69. The van der Waals surface area contributed by atoms with Crippen molar-refractivity contribution >= 4 is 5.91 Å². The molecule has 1 atom stereocenters. The van der Waals surface area contributed by atoms with Crippen LogP contribution >= 0.6 is 0 Å². The molecule has 0 unspecified atom stereocenters. The van der Waals surface area contributed by atoms with E-state index in [-0.39, 0.29) is 24.1 Å². The van der Waals surface area contributed by atoms with Crippen LogP contribution in [0, 0.1) is 11.6 Å². The zero-order valence-electron chi connectivity index (χ0n) is 14.3. The summed E-state index contributed by atoms with van der Waals surface area (Å²) in [4.78, 5) is 16.5. The van der Waals surface area contributed by atoms with E-state index in [9.17, 15) is 13.6 Å². The molecule has 1 aliphatic rings. The zero-order valence-corrected chi connectivity index (χ0v) is 14.3. The molecule has 0 N–H and O–H groups in total. The number of hydrogen-bond donors (Lipinski definition) is 0. The first-order valence-corrected chi connectivity index (χ1v) is 8.52. The van der Waals surface area contributed by atoms with E-state index in [1.165, 1.54) is 22.6 Å². The first-order chi connectivity index (χ1) is 12.1. The van der Waals surface area contributed by atoms with Crippen molar-refractivity contribution < 1.29 is 13.6 Å². The highest BCUT2D eigenvalue weighted by molar-refractivity contribution is 5.82. The number of carbonyl (C=O) groups excluding carboxylic acids is 1. The van der Waals surface area contributed by atoms with Crippen LogP contribution in [0.4, 0.5) is 8.78 Å². The molecule has 2 aromatic carbocycles. The average molecular weight is 344 g/mol. The third-order valence-electron chi connectivity index (χ3n) is 4.69. The number of carbonyl (C=O) groups is 1. The summed E-state index contributed by atoms with van der Waals surface area (Å²) in [5, 5.41) is 0. The quantitative estimate of drug-likeness (QED) is 0.828. The van der Waals surface area contributed by atoms with E-state index >= 15 is 0 Å². The van der Waals surface area contributed by atoms with Gasteiger partial charge in [-0.15, -0.1) is 0 Å². The molecule has 3 nitrogen and oxygen atoms in total. The number of nitrogens with zero attached hydrogens (tertiary/aromatic N) is 2. The molecule has 132 valence electrons. The van der Waals surface area contributed by atoms with Gasteiger partial charge in [-0.25, -0.2) is 8.78 Å². The van der Waals surface area contributed by atoms with E-state index in [1.54, 1.807) is 7.05 Å². The SMILES string of the molecule is CN(Cc1cccc(F)c1F)C(=O)[C@@H]1CCCN1Cc1ccccc1. The summed E-state index contributed by atoms with van der Waals surface area (Å²) in [7, 11) is 1.64. The molecule has 0 bridgehead atoms. The van der Waals surface area contributed by atoms with Crippen LogP contribution < -0.4 is 0 Å². The fraction of sp³-hybridized carbons (Fsp3) is 0.350. The van der Waals surface area contributed by atoms with Gasteiger partial charge >= 0.3 is 0 Å². The highest BCUT2D eigenvalue weighted by atomic mass is 19.2. The molecule has 0 spiro atoms. The van der Waals surface area contributed by atoms with Gasteiger partial charge in [0.05, 0.1) is 6.04 Å². The molecule has 0 radical (unpaired) electrons. The Balaban J connectivity index is 1.67. The lowest BCUT2D eigenvalue weighted by Gasteiger charge is -2.28. The third kappa shape index (κ3) is 4.04. The Morgan fingerprint density at radius 2 is 1.92 bits per heavy atom. The van der Waals surface area contributed by atoms with Crippen molar-refractivity contribution in [3.05, 3.63) is 71.3 Å². The Kier molecular flexibility index (Phi) is 5.43. The van der Waals surface area contributed by atoms with E-state index in [2.05, 4.69) is 4.90 Å². The summed E-state index contributed by atoms with van der Waals surface area (Å²) in [6.07, 6.45) is 1.76. The normalized spacial score (nSPS) is 17.6. The van der Waals surface area contributed by atoms with Gasteiger partial charge in [0.1, 0.15) is 0 Å². The van der Waals surface area contributed by atoms with Crippen LogP contribution in [0.1, 0.15) is 24.0 Å². The number of likely N-dealkylation sites (N-methyl/N-ethyl adjacent to an activating group) is 1.